The Labute approximate surface area is 131 Å². The fourth-order valence-corrected chi connectivity index (χ4v) is 2.48. The van der Waals surface area contributed by atoms with Crippen molar-refractivity contribution in [3.8, 4) is 0 Å². The van der Waals surface area contributed by atoms with E-state index >= 15 is 0 Å². The van der Waals surface area contributed by atoms with Gasteiger partial charge in [-0.25, -0.2) is 8.78 Å². The van der Waals surface area contributed by atoms with Gasteiger partial charge in [0.15, 0.2) is 17.4 Å². The maximum Gasteiger partial charge on any atom is 0.289 e. The van der Waals surface area contributed by atoms with Crippen LogP contribution in [-0.4, -0.2) is 47.8 Å². The van der Waals surface area contributed by atoms with Gasteiger partial charge in [0.25, 0.3) is 11.8 Å². The third-order valence-corrected chi connectivity index (χ3v) is 3.75. The van der Waals surface area contributed by atoms with Crippen LogP contribution in [-0.2, 0) is 0 Å². The normalized spacial score (nSPS) is 14.9. The molecule has 0 aliphatic carbocycles. The second kappa shape index (κ2) is 6.20. The second-order valence-electron chi connectivity index (χ2n) is 5.19. The molecule has 5 nitrogen and oxygen atoms in total. The molecule has 23 heavy (non-hydrogen) atoms. The Morgan fingerprint density at radius 3 is 2.13 bits per heavy atom. The van der Waals surface area contributed by atoms with Crippen LogP contribution in [0.4, 0.5) is 8.78 Å². The molecule has 1 aromatic carbocycles. The van der Waals surface area contributed by atoms with Crippen LogP contribution < -0.4 is 0 Å². The molecular formula is C16H14F2N2O3. The Balaban J connectivity index is 1.63. The number of nitrogens with zero attached hydrogens (tertiary/aromatic N) is 2. The maximum absolute atomic E-state index is 13.2. The highest BCUT2D eigenvalue weighted by Crippen LogP contribution is 2.14. The van der Waals surface area contributed by atoms with Crippen molar-refractivity contribution in [2.75, 3.05) is 26.2 Å². The summed E-state index contributed by atoms with van der Waals surface area (Å²) in [5.74, 6) is -2.40. The molecule has 1 aliphatic heterocycles. The fraction of sp³-hybridized carbons (Fsp3) is 0.250. The van der Waals surface area contributed by atoms with Gasteiger partial charge >= 0.3 is 0 Å². The van der Waals surface area contributed by atoms with E-state index in [1.807, 2.05) is 0 Å². The Morgan fingerprint density at radius 2 is 1.57 bits per heavy atom. The molecule has 1 aliphatic rings. The Morgan fingerprint density at radius 1 is 0.913 bits per heavy atom. The van der Waals surface area contributed by atoms with Gasteiger partial charge in [-0.1, -0.05) is 0 Å². The highest BCUT2D eigenvalue weighted by atomic mass is 19.2. The van der Waals surface area contributed by atoms with Gasteiger partial charge in [-0.05, 0) is 30.3 Å². The first-order valence-electron chi connectivity index (χ1n) is 7.13. The Kier molecular flexibility index (Phi) is 4.10. The van der Waals surface area contributed by atoms with E-state index in [2.05, 4.69) is 0 Å². The fourth-order valence-electron chi connectivity index (χ4n) is 2.48. The van der Waals surface area contributed by atoms with Crippen LogP contribution in [0.25, 0.3) is 0 Å². The van der Waals surface area contributed by atoms with E-state index in [1.54, 1.807) is 17.0 Å². The standard InChI is InChI=1S/C16H14F2N2O3/c17-12-4-3-11(10-13(12)18)15(21)19-5-7-20(8-6-19)16(22)14-2-1-9-23-14/h1-4,9-10H,5-8H2. The minimum Gasteiger partial charge on any atom is -0.459 e. The molecule has 2 aromatic rings. The first kappa shape index (κ1) is 15.2. The first-order valence-corrected chi connectivity index (χ1v) is 7.13. The first-order chi connectivity index (χ1) is 11.1. The predicted molar refractivity (Wildman–Crippen MR) is 76.9 cm³/mol. The summed E-state index contributed by atoms with van der Waals surface area (Å²) >= 11 is 0. The van der Waals surface area contributed by atoms with Crippen LogP contribution >= 0.6 is 0 Å². The van der Waals surface area contributed by atoms with E-state index in [-0.39, 0.29) is 23.1 Å². The number of rotatable bonds is 2. The van der Waals surface area contributed by atoms with Crippen LogP contribution in [0.2, 0.25) is 0 Å². The zero-order valence-corrected chi connectivity index (χ0v) is 12.2. The van der Waals surface area contributed by atoms with Crippen LogP contribution in [0.15, 0.2) is 41.0 Å². The van der Waals surface area contributed by atoms with Crippen molar-refractivity contribution in [3.63, 3.8) is 0 Å². The Bertz CT molecular complexity index is 723. The predicted octanol–water partition coefficient (Wildman–Crippen LogP) is 2.16. The van der Waals surface area contributed by atoms with E-state index < -0.39 is 11.6 Å². The second-order valence-corrected chi connectivity index (χ2v) is 5.19. The number of amides is 2. The van der Waals surface area contributed by atoms with E-state index in [4.69, 9.17) is 4.42 Å². The number of furan rings is 1. The maximum atomic E-state index is 13.2. The molecule has 120 valence electrons. The van der Waals surface area contributed by atoms with Gasteiger partial charge in [-0.15, -0.1) is 0 Å². The van der Waals surface area contributed by atoms with Crippen molar-refractivity contribution < 1.29 is 22.8 Å². The topological polar surface area (TPSA) is 53.8 Å². The molecule has 0 saturated carbocycles. The molecule has 1 saturated heterocycles. The summed E-state index contributed by atoms with van der Waals surface area (Å²) in [5, 5.41) is 0. The highest BCUT2D eigenvalue weighted by molar-refractivity contribution is 5.95. The molecule has 7 heteroatoms. The summed E-state index contributed by atoms with van der Waals surface area (Å²) < 4.78 is 31.2. The van der Waals surface area contributed by atoms with Gasteiger partial charge in [0, 0.05) is 31.7 Å². The zero-order valence-electron chi connectivity index (χ0n) is 12.2. The lowest BCUT2D eigenvalue weighted by Gasteiger charge is -2.34. The van der Waals surface area contributed by atoms with E-state index in [0.29, 0.717) is 26.2 Å². The SMILES string of the molecule is O=C(c1ccc(F)c(F)c1)N1CCN(C(=O)c2ccco2)CC1. The summed E-state index contributed by atoms with van der Waals surface area (Å²) in [6, 6.07) is 6.29. The van der Waals surface area contributed by atoms with Gasteiger partial charge in [0.1, 0.15) is 0 Å². The number of hydrogen-bond acceptors (Lipinski definition) is 3. The molecular weight excluding hydrogens is 306 g/mol. The molecule has 1 fully saturated rings. The van der Waals surface area contributed by atoms with Crippen LogP contribution in [0, 0.1) is 11.6 Å². The van der Waals surface area contributed by atoms with Crippen molar-refractivity contribution in [2.45, 2.75) is 0 Å². The monoisotopic (exact) mass is 320 g/mol. The van der Waals surface area contributed by atoms with E-state index in [1.165, 1.54) is 17.2 Å². The lowest BCUT2D eigenvalue weighted by molar-refractivity contribution is 0.0518. The molecule has 0 atom stereocenters. The van der Waals surface area contributed by atoms with Crippen molar-refractivity contribution in [3.05, 3.63) is 59.6 Å². The van der Waals surface area contributed by atoms with Gasteiger partial charge in [0.05, 0.1) is 6.26 Å². The van der Waals surface area contributed by atoms with Crippen molar-refractivity contribution in [1.29, 1.82) is 0 Å². The minimum atomic E-state index is -1.05. The molecule has 0 unspecified atom stereocenters. The van der Waals surface area contributed by atoms with Gasteiger partial charge in [-0.3, -0.25) is 9.59 Å². The molecule has 0 bridgehead atoms. The number of carbonyl (C=O) groups is 2. The number of carbonyl (C=O) groups excluding carboxylic acids is 2. The van der Waals surface area contributed by atoms with Crippen LogP contribution in [0.1, 0.15) is 20.9 Å². The molecule has 2 heterocycles. The lowest BCUT2D eigenvalue weighted by Crippen LogP contribution is -2.50. The lowest BCUT2D eigenvalue weighted by atomic mass is 10.1. The molecule has 3 rings (SSSR count). The molecule has 2 amide bonds. The summed E-state index contributed by atoms with van der Waals surface area (Å²) in [4.78, 5) is 27.5. The Hall–Kier alpha value is -2.70. The number of halogens is 2. The highest BCUT2D eigenvalue weighted by Gasteiger charge is 2.26. The molecule has 0 N–H and O–H groups in total. The quantitative estimate of drug-likeness (QED) is 0.852. The van der Waals surface area contributed by atoms with Crippen molar-refractivity contribution in [2.24, 2.45) is 0 Å². The number of benzene rings is 1. The molecule has 1 aromatic heterocycles. The van der Waals surface area contributed by atoms with Gasteiger partial charge < -0.3 is 14.2 Å². The summed E-state index contributed by atoms with van der Waals surface area (Å²) in [6.07, 6.45) is 1.43. The smallest absolute Gasteiger partial charge is 0.289 e. The largest absolute Gasteiger partial charge is 0.459 e. The van der Waals surface area contributed by atoms with Gasteiger partial charge in [-0.2, -0.15) is 0 Å². The number of piperazine rings is 1. The summed E-state index contributed by atoms with van der Waals surface area (Å²) in [5.41, 5.74) is 0.0923. The average Bonchev–Trinajstić information content (AvgIpc) is 3.11. The van der Waals surface area contributed by atoms with Crippen LogP contribution in [0.5, 0.6) is 0 Å². The van der Waals surface area contributed by atoms with E-state index in [9.17, 15) is 18.4 Å². The zero-order chi connectivity index (χ0) is 16.4. The van der Waals surface area contributed by atoms with Crippen molar-refractivity contribution >= 4 is 11.8 Å². The average molecular weight is 320 g/mol. The summed E-state index contributed by atoms with van der Waals surface area (Å²) in [7, 11) is 0. The van der Waals surface area contributed by atoms with Crippen molar-refractivity contribution in [1.82, 2.24) is 9.80 Å². The van der Waals surface area contributed by atoms with E-state index in [0.717, 1.165) is 12.1 Å². The third-order valence-electron chi connectivity index (χ3n) is 3.75. The molecule has 0 radical (unpaired) electrons. The minimum absolute atomic E-state index is 0.0923. The van der Waals surface area contributed by atoms with Gasteiger partial charge in [0.2, 0.25) is 0 Å². The summed E-state index contributed by atoms with van der Waals surface area (Å²) in [6.45, 7) is 1.36. The molecule has 0 spiro atoms. The third kappa shape index (κ3) is 3.08. The number of hydrogen-bond donors (Lipinski definition) is 0. The van der Waals surface area contributed by atoms with Crippen LogP contribution in [0.3, 0.4) is 0 Å².